The van der Waals surface area contributed by atoms with Gasteiger partial charge in [-0.05, 0) is 45.2 Å². The number of methoxy groups -OCH3 is 2. The third-order valence-corrected chi connectivity index (χ3v) is 8.86. The first-order valence-electron chi connectivity index (χ1n) is 13.9. The monoisotopic (exact) mass is 642 g/mol. The van der Waals surface area contributed by atoms with Gasteiger partial charge in [0, 0.05) is 71.5 Å². The Hall–Kier alpha value is -2.91. The molecule has 2 aromatic rings. The molecule has 43 heavy (non-hydrogen) atoms. The molecule has 1 atom stereocenters. The van der Waals surface area contributed by atoms with Crippen molar-refractivity contribution in [1.29, 1.82) is 0 Å². The van der Waals surface area contributed by atoms with Crippen molar-refractivity contribution in [2.24, 2.45) is 0 Å². The Morgan fingerprint density at radius 1 is 1.16 bits per heavy atom. The number of hydrogen-bond donors (Lipinski definition) is 1. The van der Waals surface area contributed by atoms with E-state index >= 15 is 0 Å². The first-order chi connectivity index (χ1) is 20.1. The maximum absolute atomic E-state index is 13.9. The van der Waals surface area contributed by atoms with Gasteiger partial charge < -0.3 is 29.3 Å². The number of benzene rings is 1. The number of hydrogen-bond acceptors (Lipinski definition) is 9. The van der Waals surface area contributed by atoms with Crippen LogP contribution in [0.25, 0.3) is 0 Å². The zero-order chi connectivity index (χ0) is 32.1. The zero-order valence-electron chi connectivity index (χ0n) is 26.1. The van der Waals surface area contributed by atoms with Crippen LogP contribution in [-0.2, 0) is 30.8 Å². The largest absolute Gasteiger partial charge is 0.444 e. The lowest BCUT2D eigenvalue weighted by Crippen LogP contribution is -2.50. The minimum Gasteiger partial charge on any atom is -0.444 e. The first kappa shape index (κ1) is 34.6. The van der Waals surface area contributed by atoms with Gasteiger partial charge >= 0.3 is 16.3 Å². The fourth-order valence-electron chi connectivity index (χ4n) is 4.71. The van der Waals surface area contributed by atoms with Crippen LogP contribution in [0.3, 0.4) is 0 Å². The van der Waals surface area contributed by atoms with Crippen molar-refractivity contribution in [3.05, 3.63) is 46.1 Å². The molecule has 1 aromatic carbocycles. The zero-order valence-corrected chi connectivity index (χ0v) is 27.7. The Morgan fingerprint density at radius 2 is 1.81 bits per heavy atom. The summed E-state index contributed by atoms with van der Waals surface area (Å²) < 4.78 is 45.3. The van der Waals surface area contributed by atoms with Gasteiger partial charge in [0.1, 0.15) is 11.4 Å². The van der Waals surface area contributed by atoms with Gasteiger partial charge in [0.15, 0.2) is 12.0 Å². The molecular formula is C28H43ClN6O7S. The number of amides is 2. The highest BCUT2D eigenvalue weighted by atomic mass is 35.5. The van der Waals surface area contributed by atoms with Gasteiger partial charge in [-0.1, -0.05) is 29.8 Å². The number of aromatic nitrogens is 2. The molecule has 0 radical (unpaired) electrons. The van der Waals surface area contributed by atoms with Crippen molar-refractivity contribution in [1.82, 2.24) is 23.7 Å². The number of ether oxygens (including phenoxy) is 3. The summed E-state index contributed by atoms with van der Waals surface area (Å²) in [5, 5.41) is 7.80. The van der Waals surface area contributed by atoms with E-state index in [1.807, 2.05) is 17.0 Å². The van der Waals surface area contributed by atoms with E-state index in [1.54, 1.807) is 40.0 Å². The second-order valence-electron chi connectivity index (χ2n) is 11.6. The lowest BCUT2D eigenvalue weighted by Gasteiger charge is -2.35. The Morgan fingerprint density at radius 3 is 2.40 bits per heavy atom. The smallest absolute Gasteiger partial charge is 0.407 e. The topological polar surface area (TPSA) is 136 Å². The molecule has 0 bridgehead atoms. The molecule has 240 valence electrons. The SMILES string of the molecule is COC(CN(C)C(=O)c1nn(S(=O)(=O)N(C)C)c(N2CCC[C@@H](NC(=O)OC(C)(C)C)C2)c1Cc1ccccc1Cl)OC. The molecule has 2 amide bonds. The molecule has 0 aliphatic carbocycles. The summed E-state index contributed by atoms with van der Waals surface area (Å²) in [4.78, 5) is 29.7. The summed E-state index contributed by atoms with van der Waals surface area (Å²) in [5.74, 6) is -0.286. The lowest BCUT2D eigenvalue weighted by atomic mass is 10.0. The molecule has 13 nitrogen and oxygen atoms in total. The lowest BCUT2D eigenvalue weighted by molar-refractivity contribution is -0.110. The Labute approximate surface area is 259 Å². The summed E-state index contributed by atoms with van der Waals surface area (Å²) in [6.45, 7) is 6.15. The van der Waals surface area contributed by atoms with Crippen molar-refractivity contribution in [2.75, 3.05) is 59.9 Å². The van der Waals surface area contributed by atoms with Crippen LogP contribution in [-0.4, -0.2) is 112 Å². The molecule has 2 heterocycles. The van der Waals surface area contributed by atoms with E-state index in [9.17, 15) is 18.0 Å². The quantitative estimate of drug-likeness (QED) is 0.367. The van der Waals surface area contributed by atoms with Crippen molar-refractivity contribution in [3.8, 4) is 0 Å². The first-order valence-corrected chi connectivity index (χ1v) is 15.7. The summed E-state index contributed by atoms with van der Waals surface area (Å²) in [6, 6.07) is 6.82. The van der Waals surface area contributed by atoms with Gasteiger partial charge in [-0.25, -0.2) is 4.79 Å². The summed E-state index contributed by atoms with van der Waals surface area (Å²) in [5.41, 5.74) is 0.358. The number of halogens is 1. The molecule has 15 heteroatoms. The molecule has 1 aliphatic rings. The standard InChI is InChI=1S/C28H43ClN6O7S/c1-28(2,3)42-27(37)30-20-13-11-15-34(17-20)25-21(16-19-12-9-10-14-22(19)29)24(31-35(25)43(38,39)32(4)5)26(36)33(6)18-23(40-7)41-8/h9-10,12,14,20,23H,11,13,15-18H2,1-8H3,(H,30,37)/t20-/m1/s1. The number of piperidine rings is 1. The molecule has 1 N–H and O–H groups in total. The maximum Gasteiger partial charge on any atom is 0.407 e. The molecular weight excluding hydrogens is 600 g/mol. The number of carbonyl (C=O) groups excluding carboxylic acids is 2. The number of nitrogens with zero attached hydrogens (tertiary/aromatic N) is 5. The number of likely N-dealkylation sites (N-methyl/N-ethyl adjacent to an activating group) is 1. The fourth-order valence-corrected chi connectivity index (χ4v) is 5.85. The van der Waals surface area contributed by atoms with Gasteiger partial charge in [0.2, 0.25) is 0 Å². The van der Waals surface area contributed by atoms with Crippen LogP contribution in [0.4, 0.5) is 10.6 Å². The Bertz CT molecular complexity index is 1390. The van der Waals surface area contributed by atoms with Crippen molar-refractivity contribution < 1.29 is 32.2 Å². The number of carbonyl (C=O) groups is 2. The van der Waals surface area contributed by atoms with E-state index in [0.29, 0.717) is 35.5 Å². The molecule has 1 saturated heterocycles. The highest BCUT2D eigenvalue weighted by Gasteiger charge is 2.36. The molecule has 1 aromatic heterocycles. The van der Waals surface area contributed by atoms with Crippen LogP contribution < -0.4 is 10.2 Å². The minimum absolute atomic E-state index is 0.0453. The molecule has 0 spiro atoms. The van der Waals surface area contributed by atoms with E-state index in [2.05, 4.69) is 10.4 Å². The highest BCUT2D eigenvalue weighted by molar-refractivity contribution is 7.87. The fraction of sp³-hybridized carbons (Fsp3) is 0.607. The van der Waals surface area contributed by atoms with E-state index in [1.165, 1.54) is 33.2 Å². The summed E-state index contributed by atoms with van der Waals surface area (Å²) in [7, 11) is 3.09. The van der Waals surface area contributed by atoms with Gasteiger partial charge in [-0.2, -0.15) is 12.7 Å². The predicted molar refractivity (Wildman–Crippen MR) is 164 cm³/mol. The average molecular weight is 643 g/mol. The van der Waals surface area contributed by atoms with E-state index in [4.69, 9.17) is 25.8 Å². The third-order valence-electron chi connectivity index (χ3n) is 6.87. The van der Waals surface area contributed by atoms with Crippen LogP contribution in [0.5, 0.6) is 0 Å². The molecule has 1 aliphatic heterocycles. The molecule has 0 unspecified atom stereocenters. The number of nitrogens with one attached hydrogen (secondary N) is 1. The second kappa shape index (κ2) is 14.2. The Kier molecular flexibility index (Phi) is 11.5. The van der Waals surface area contributed by atoms with E-state index in [-0.39, 0.29) is 37.1 Å². The number of rotatable bonds is 11. The van der Waals surface area contributed by atoms with Gasteiger partial charge in [-0.15, -0.1) is 9.19 Å². The summed E-state index contributed by atoms with van der Waals surface area (Å²) >= 11 is 6.54. The van der Waals surface area contributed by atoms with Gasteiger partial charge in [0.25, 0.3) is 5.91 Å². The van der Waals surface area contributed by atoms with Crippen LogP contribution >= 0.6 is 11.6 Å². The molecule has 0 saturated carbocycles. The van der Waals surface area contributed by atoms with Gasteiger partial charge in [0.05, 0.1) is 6.54 Å². The maximum atomic E-state index is 13.9. The van der Waals surface area contributed by atoms with Crippen LogP contribution in [0.15, 0.2) is 24.3 Å². The van der Waals surface area contributed by atoms with E-state index in [0.717, 1.165) is 8.39 Å². The highest BCUT2D eigenvalue weighted by Crippen LogP contribution is 2.33. The minimum atomic E-state index is -4.19. The third kappa shape index (κ3) is 8.60. The van der Waals surface area contributed by atoms with Crippen LogP contribution in [0.1, 0.15) is 55.2 Å². The normalized spacial score (nSPS) is 16.1. The average Bonchev–Trinajstić information content (AvgIpc) is 3.31. The molecule has 3 rings (SSSR count). The van der Waals surface area contributed by atoms with E-state index < -0.39 is 34.1 Å². The number of alkyl carbamates (subject to hydrolysis) is 1. The summed E-state index contributed by atoms with van der Waals surface area (Å²) in [6.07, 6.45) is 0.175. The van der Waals surface area contributed by atoms with Crippen molar-refractivity contribution in [3.63, 3.8) is 0 Å². The van der Waals surface area contributed by atoms with Crippen LogP contribution in [0.2, 0.25) is 5.02 Å². The Balaban J connectivity index is 2.16. The number of anilines is 1. The van der Waals surface area contributed by atoms with Crippen molar-refractivity contribution in [2.45, 2.75) is 58.0 Å². The molecule has 1 fully saturated rings. The van der Waals surface area contributed by atoms with Crippen LogP contribution in [0, 0.1) is 0 Å². The second-order valence-corrected chi connectivity index (χ2v) is 13.9. The predicted octanol–water partition coefficient (Wildman–Crippen LogP) is 2.97. The van der Waals surface area contributed by atoms with Gasteiger partial charge in [-0.3, -0.25) is 4.79 Å². The van der Waals surface area contributed by atoms with Crippen molar-refractivity contribution >= 4 is 39.6 Å².